The summed E-state index contributed by atoms with van der Waals surface area (Å²) >= 11 is 1.38. The first kappa shape index (κ1) is 15.5. The summed E-state index contributed by atoms with van der Waals surface area (Å²) in [7, 11) is 1.40. The molecule has 0 aliphatic rings. The Labute approximate surface area is 137 Å². The van der Waals surface area contributed by atoms with Gasteiger partial charge in [-0.2, -0.15) is 9.61 Å². The zero-order valence-corrected chi connectivity index (χ0v) is 13.7. The van der Waals surface area contributed by atoms with Crippen molar-refractivity contribution in [3.8, 4) is 11.4 Å². The van der Waals surface area contributed by atoms with Crippen LogP contribution >= 0.6 is 11.8 Å². The molecule has 23 heavy (non-hydrogen) atoms. The Kier molecular flexibility index (Phi) is 4.57. The number of benzene rings is 1. The highest BCUT2D eigenvalue weighted by atomic mass is 32.2. The Morgan fingerprint density at radius 3 is 2.70 bits per heavy atom. The number of esters is 1. The summed E-state index contributed by atoms with van der Waals surface area (Å²) in [6.07, 6.45) is 0.671. The number of thioether (sulfide) groups is 1. The first-order valence-corrected chi connectivity index (χ1v) is 8.13. The summed E-state index contributed by atoms with van der Waals surface area (Å²) in [6, 6.07) is 13.4. The molecule has 2 aromatic heterocycles. The third-order valence-electron chi connectivity index (χ3n) is 3.37. The van der Waals surface area contributed by atoms with Crippen molar-refractivity contribution < 1.29 is 9.53 Å². The number of rotatable bonds is 5. The van der Waals surface area contributed by atoms with E-state index >= 15 is 0 Å². The first-order chi connectivity index (χ1) is 11.2. The average Bonchev–Trinajstić information content (AvgIpc) is 3.03. The molecular formula is C16H16N4O2S. The molecular weight excluding hydrogens is 312 g/mol. The van der Waals surface area contributed by atoms with Gasteiger partial charge < -0.3 is 4.74 Å². The van der Waals surface area contributed by atoms with Gasteiger partial charge in [-0.1, -0.05) is 49.0 Å². The lowest BCUT2D eigenvalue weighted by atomic mass is 10.2. The molecule has 7 heteroatoms. The molecule has 1 aromatic carbocycles. The van der Waals surface area contributed by atoms with E-state index in [1.54, 1.807) is 4.52 Å². The lowest BCUT2D eigenvalue weighted by molar-refractivity contribution is -0.140. The largest absolute Gasteiger partial charge is 0.468 e. The van der Waals surface area contributed by atoms with Crippen LogP contribution in [-0.4, -0.2) is 38.1 Å². The summed E-state index contributed by atoms with van der Waals surface area (Å²) in [5.41, 5.74) is 1.61. The lowest BCUT2D eigenvalue weighted by Crippen LogP contribution is -2.18. The predicted octanol–water partition coefficient (Wildman–Crippen LogP) is 2.84. The minimum atomic E-state index is -0.276. The monoisotopic (exact) mass is 328 g/mol. The van der Waals surface area contributed by atoms with Crippen LogP contribution in [0.2, 0.25) is 0 Å². The Bertz CT molecular complexity index is 819. The van der Waals surface area contributed by atoms with Crippen molar-refractivity contribution in [2.24, 2.45) is 0 Å². The molecule has 0 fully saturated rings. The van der Waals surface area contributed by atoms with Gasteiger partial charge in [0.25, 0.3) is 0 Å². The van der Waals surface area contributed by atoms with Gasteiger partial charge >= 0.3 is 5.97 Å². The highest BCUT2D eigenvalue weighted by Crippen LogP contribution is 2.25. The molecule has 3 rings (SSSR count). The molecule has 2 heterocycles. The second-order valence-corrected chi connectivity index (χ2v) is 6.09. The average molecular weight is 328 g/mol. The van der Waals surface area contributed by atoms with E-state index in [9.17, 15) is 4.79 Å². The van der Waals surface area contributed by atoms with Gasteiger partial charge in [0.1, 0.15) is 10.3 Å². The fraction of sp³-hybridized carbons (Fsp3) is 0.250. The molecule has 0 radical (unpaired) electrons. The SMILES string of the molecule is CC[C@@H](Sc1ccc2nnc(-c3ccccc3)n2n1)C(=O)OC. The number of hydrogen-bond acceptors (Lipinski definition) is 6. The van der Waals surface area contributed by atoms with E-state index in [1.165, 1.54) is 18.9 Å². The maximum absolute atomic E-state index is 11.7. The number of fused-ring (bicyclic) bond motifs is 1. The summed E-state index contributed by atoms with van der Waals surface area (Å²) < 4.78 is 6.52. The molecule has 0 amide bonds. The van der Waals surface area contributed by atoms with Crippen molar-refractivity contribution in [2.75, 3.05) is 7.11 Å². The molecule has 0 saturated carbocycles. The standard InChI is InChI=1S/C16H16N4O2S/c1-3-12(16(21)22-2)23-14-10-9-13-17-18-15(20(13)19-14)11-7-5-4-6-8-11/h4-10,12H,3H2,1-2H3/t12-/m1/s1. The number of methoxy groups -OCH3 is 1. The van der Waals surface area contributed by atoms with Crippen LogP contribution in [0.3, 0.4) is 0 Å². The van der Waals surface area contributed by atoms with Crippen LogP contribution in [0.4, 0.5) is 0 Å². The van der Waals surface area contributed by atoms with Gasteiger partial charge in [0.05, 0.1) is 7.11 Å². The van der Waals surface area contributed by atoms with Crippen molar-refractivity contribution >= 4 is 23.4 Å². The minimum Gasteiger partial charge on any atom is -0.468 e. The Morgan fingerprint density at radius 2 is 2.00 bits per heavy atom. The number of nitrogens with zero attached hydrogens (tertiary/aromatic N) is 4. The quantitative estimate of drug-likeness (QED) is 0.530. The van der Waals surface area contributed by atoms with Gasteiger partial charge in [-0.25, -0.2) is 0 Å². The van der Waals surface area contributed by atoms with Crippen LogP contribution in [0.5, 0.6) is 0 Å². The molecule has 1 atom stereocenters. The molecule has 0 saturated heterocycles. The second-order valence-electron chi connectivity index (χ2n) is 4.87. The van der Waals surface area contributed by atoms with Gasteiger partial charge in [-0.15, -0.1) is 10.2 Å². The Hall–Kier alpha value is -2.41. The van der Waals surface area contributed by atoms with Crippen molar-refractivity contribution in [1.29, 1.82) is 0 Å². The van der Waals surface area contributed by atoms with E-state index in [4.69, 9.17) is 4.74 Å². The number of aromatic nitrogens is 4. The fourth-order valence-electron chi connectivity index (χ4n) is 2.18. The third kappa shape index (κ3) is 3.19. The minimum absolute atomic E-state index is 0.244. The van der Waals surface area contributed by atoms with Crippen molar-refractivity contribution in [3.05, 3.63) is 42.5 Å². The molecule has 118 valence electrons. The Balaban J connectivity index is 1.96. The summed E-state index contributed by atoms with van der Waals surface area (Å²) in [6.45, 7) is 1.95. The van der Waals surface area contributed by atoms with Crippen molar-refractivity contribution in [1.82, 2.24) is 19.8 Å². The number of carbonyl (C=O) groups excluding carboxylic acids is 1. The molecule has 6 nitrogen and oxygen atoms in total. The van der Waals surface area contributed by atoms with Crippen LogP contribution in [0, 0.1) is 0 Å². The first-order valence-electron chi connectivity index (χ1n) is 7.25. The molecule has 0 spiro atoms. The van der Waals surface area contributed by atoms with Crippen LogP contribution in [0.15, 0.2) is 47.5 Å². The summed E-state index contributed by atoms with van der Waals surface area (Å²) in [4.78, 5) is 11.7. The maximum Gasteiger partial charge on any atom is 0.319 e. The molecule has 0 N–H and O–H groups in total. The van der Waals surface area contributed by atoms with Crippen LogP contribution in [0.25, 0.3) is 17.0 Å². The van der Waals surface area contributed by atoms with Gasteiger partial charge in [0.2, 0.25) is 0 Å². The molecule has 3 aromatic rings. The van der Waals surface area contributed by atoms with Gasteiger partial charge in [-0.3, -0.25) is 4.79 Å². The van der Waals surface area contributed by atoms with E-state index in [0.717, 1.165) is 10.6 Å². The molecule has 0 unspecified atom stereocenters. The number of ether oxygens (including phenoxy) is 1. The summed E-state index contributed by atoms with van der Waals surface area (Å²) in [5.74, 6) is 0.431. The second kappa shape index (κ2) is 6.78. The predicted molar refractivity (Wildman–Crippen MR) is 88.2 cm³/mol. The number of carbonyl (C=O) groups is 1. The fourth-order valence-corrected chi connectivity index (χ4v) is 3.10. The third-order valence-corrected chi connectivity index (χ3v) is 4.64. The number of hydrogen-bond donors (Lipinski definition) is 0. The summed E-state index contributed by atoms with van der Waals surface area (Å²) in [5, 5.41) is 13.4. The van der Waals surface area contributed by atoms with Gasteiger partial charge in [0, 0.05) is 5.56 Å². The zero-order valence-electron chi connectivity index (χ0n) is 12.8. The van der Waals surface area contributed by atoms with E-state index < -0.39 is 0 Å². The molecule has 0 aliphatic heterocycles. The normalized spacial score (nSPS) is 12.3. The molecule has 0 aliphatic carbocycles. The lowest BCUT2D eigenvalue weighted by Gasteiger charge is -2.11. The smallest absolute Gasteiger partial charge is 0.319 e. The van der Waals surface area contributed by atoms with Crippen LogP contribution in [-0.2, 0) is 9.53 Å². The van der Waals surface area contributed by atoms with Crippen LogP contribution in [0.1, 0.15) is 13.3 Å². The highest BCUT2D eigenvalue weighted by Gasteiger charge is 2.20. The van der Waals surface area contributed by atoms with E-state index in [2.05, 4.69) is 15.3 Å². The highest BCUT2D eigenvalue weighted by molar-refractivity contribution is 8.00. The molecule has 0 bridgehead atoms. The van der Waals surface area contributed by atoms with Gasteiger partial charge in [-0.05, 0) is 18.6 Å². The van der Waals surface area contributed by atoms with E-state index in [1.807, 2.05) is 49.4 Å². The van der Waals surface area contributed by atoms with E-state index in [0.29, 0.717) is 17.9 Å². The van der Waals surface area contributed by atoms with E-state index in [-0.39, 0.29) is 11.2 Å². The van der Waals surface area contributed by atoms with Gasteiger partial charge in [0.15, 0.2) is 11.5 Å². The van der Waals surface area contributed by atoms with Crippen molar-refractivity contribution in [2.45, 2.75) is 23.6 Å². The Morgan fingerprint density at radius 1 is 1.22 bits per heavy atom. The van der Waals surface area contributed by atoms with Crippen LogP contribution < -0.4 is 0 Å². The van der Waals surface area contributed by atoms with Crippen molar-refractivity contribution in [3.63, 3.8) is 0 Å². The topological polar surface area (TPSA) is 69.4 Å². The maximum atomic E-state index is 11.7. The zero-order chi connectivity index (χ0) is 16.2.